The Bertz CT molecular complexity index is 487. The summed E-state index contributed by atoms with van der Waals surface area (Å²) in [5.41, 5.74) is 0. The molecule has 1 fully saturated rings. The minimum atomic E-state index is -0.0781. The smallest absolute Gasteiger partial charge is 0.239 e. The van der Waals surface area contributed by atoms with E-state index in [1.54, 1.807) is 19.0 Å². The van der Waals surface area contributed by atoms with Gasteiger partial charge < -0.3 is 20.4 Å². The first-order chi connectivity index (χ1) is 10.1. The number of anilines is 3. The Labute approximate surface area is 125 Å². The van der Waals surface area contributed by atoms with Crippen molar-refractivity contribution in [3.05, 3.63) is 0 Å². The number of rotatable bonds is 6. The molecule has 8 heteroatoms. The van der Waals surface area contributed by atoms with Gasteiger partial charge in [-0.05, 0) is 19.8 Å². The van der Waals surface area contributed by atoms with Crippen LogP contribution in [0.4, 0.5) is 17.8 Å². The Morgan fingerprint density at radius 2 is 2.00 bits per heavy atom. The van der Waals surface area contributed by atoms with E-state index < -0.39 is 0 Å². The van der Waals surface area contributed by atoms with Crippen LogP contribution in [0.1, 0.15) is 19.8 Å². The fraction of sp³-hybridized carbons (Fsp3) is 0.692. The zero-order chi connectivity index (χ0) is 15.2. The summed E-state index contributed by atoms with van der Waals surface area (Å²) < 4.78 is 0. The number of aromatic nitrogens is 3. The summed E-state index contributed by atoms with van der Waals surface area (Å²) >= 11 is 0. The van der Waals surface area contributed by atoms with Crippen LogP contribution in [0.5, 0.6) is 0 Å². The molecule has 0 aliphatic carbocycles. The van der Waals surface area contributed by atoms with E-state index in [0.29, 0.717) is 17.8 Å². The van der Waals surface area contributed by atoms with Crippen molar-refractivity contribution in [2.75, 3.05) is 55.4 Å². The van der Waals surface area contributed by atoms with E-state index in [0.717, 1.165) is 32.5 Å². The van der Waals surface area contributed by atoms with Crippen molar-refractivity contribution in [1.29, 1.82) is 0 Å². The predicted molar refractivity (Wildman–Crippen MR) is 82.8 cm³/mol. The molecule has 1 amide bonds. The molecule has 0 aromatic carbocycles. The molecule has 1 aliphatic heterocycles. The van der Waals surface area contributed by atoms with Gasteiger partial charge in [0.05, 0.1) is 6.54 Å². The molecule has 1 aromatic rings. The number of nitrogens with zero attached hydrogens (tertiary/aromatic N) is 5. The van der Waals surface area contributed by atoms with Gasteiger partial charge in [0.25, 0.3) is 0 Å². The molecule has 1 saturated heterocycles. The number of nitrogens with one attached hydrogen (secondary N) is 2. The molecule has 0 spiro atoms. The van der Waals surface area contributed by atoms with Gasteiger partial charge in [0.1, 0.15) is 0 Å². The fourth-order valence-corrected chi connectivity index (χ4v) is 2.19. The monoisotopic (exact) mass is 293 g/mol. The first-order valence-electron chi connectivity index (χ1n) is 7.30. The molecule has 0 radical (unpaired) electrons. The van der Waals surface area contributed by atoms with Gasteiger partial charge in [-0.1, -0.05) is 0 Å². The molecular formula is C13H23N7O. The topological polar surface area (TPSA) is 86.3 Å². The second-order valence-corrected chi connectivity index (χ2v) is 5.01. The minimum absolute atomic E-state index is 0.0781. The Balaban J connectivity index is 2.23. The van der Waals surface area contributed by atoms with Crippen LogP contribution in [0.25, 0.3) is 0 Å². The summed E-state index contributed by atoms with van der Waals surface area (Å²) in [7, 11) is 3.41. The molecule has 116 valence electrons. The fourth-order valence-electron chi connectivity index (χ4n) is 2.19. The SMILES string of the molecule is CCNc1nc(N(C)CC(=O)NC)nc(N2CCCC2)n1. The molecule has 0 atom stereocenters. The molecular weight excluding hydrogens is 270 g/mol. The van der Waals surface area contributed by atoms with Gasteiger partial charge in [-0.15, -0.1) is 0 Å². The average molecular weight is 293 g/mol. The highest BCUT2D eigenvalue weighted by Crippen LogP contribution is 2.19. The number of carbonyl (C=O) groups excluding carboxylic acids is 1. The number of hydrogen-bond donors (Lipinski definition) is 2. The Morgan fingerprint density at radius 1 is 1.29 bits per heavy atom. The summed E-state index contributed by atoms with van der Waals surface area (Å²) in [6, 6.07) is 0. The highest BCUT2D eigenvalue weighted by Gasteiger charge is 2.19. The molecule has 2 N–H and O–H groups in total. The maximum atomic E-state index is 11.5. The molecule has 8 nitrogen and oxygen atoms in total. The van der Waals surface area contributed by atoms with Crippen LogP contribution in [0, 0.1) is 0 Å². The second-order valence-electron chi connectivity index (χ2n) is 5.01. The molecule has 2 heterocycles. The van der Waals surface area contributed by atoms with Crippen LogP contribution in [-0.2, 0) is 4.79 Å². The van der Waals surface area contributed by atoms with E-state index in [-0.39, 0.29) is 12.5 Å². The van der Waals surface area contributed by atoms with E-state index in [2.05, 4.69) is 30.5 Å². The van der Waals surface area contributed by atoms with E-state index in [4.69, 9.17) is 0 Å². The van der Waals surface area contributed by atoms with Crippen molar-refractivity contribution in [1.82, 2.24) is 20.3 Å². The summed E-state index contributed by atoms with van der Waals surface area (Å²) in [6.07, 6.45) is 2.32. The molecule has 1 aliphatic rings. The Morgan fingerprint density at radius 3 is 2.62 bits per heavy atom. The first-order valence-corrected chi connectivity index (χ1v) is 7.30. The van der Waals surface area contributed by atoms with E-state index >= 15 is 0 Å². The molecule has 2 rings (SSSR count). The quantitative estimate of drug-likeness (QED) is 0.768. The summed E-state index contributed by atoms with van der Waals surface area (Å²) in [5, 5.41) is 5.72. The summed E-state index contributed by atoms with van der Waals surface area (Å²) in [4.78, 5) is 28.7. The van der Waals surface area contributed by atoms with Crippen LogP contribution in [0.3, 0.4) is 0 Å². The number of amides is 1. The first kappa shape index (κ1) is 15.3. The predicted octanol–water partition coefficient (Wildman–Crippen LogP) is 0.0858. The minimum Gasteiger partial charge on any atom is -0.358 e. The lowest BCUT2D eigenvalue weighted by atomic mass is 10.4. The number of hydrogen-bond acceptors (Lipinski definition) is 7. The summed E-state index contributed by atoms with van der Waals surface area (Å²) in [5.74, 6) is 1.66. The lowest BCUT2D eigenvalue weighted by Crippen LogP contribution is -2.34. The van der Waals surface area contributed by atoms with Gasteiger partial charge in [0, 0.05) is 33.7 Å². The Kier molecular flexibility index (Phi) is 5.13. The van der Waals surface area contributed by atoms with Crippen LogP contribution in [-0.4, -0.2) is 61.1 Å². The average Bonchev–Trinajstić information content (AvgIpc) is 3.01. The molecule has 0 saturated carbocycles. The normalized spacial score (nSPS) is 14.1. The van der Waals surface area contributed by atoms with Crippen molar-refractivity contribution in [2.45, 2.75) is 19.8 Å². The van der Waals surface area contributed by atoms with E-state index in [1.165, 1.54) is 0 Å². The van der Waals surface area contributed by atoms with Gasteiger partial charge in [-0.3, -0.25) is 4.79 Å². The van der Waals surface area contributed by atoms with Crippen molar-refractivity contribution in [3.8, 4) is 0 Å². The maximum absolute atomic E-state index is 11.5. The Hall–Kier alpha value is -2.12. The zero-order valence-electron chi connectivity index (χ0n) is 12.9. The standard InChI is InChI=1S/C13H23N7O/c1-4-15-11-16-12(19(3)9-10(21)14-2)18-13(17-11)20-7-5-6-8-20/h4-9H2,1-3H3,(H,14,21)(H,15,16,17,18). The van der Waals surface area contributed by atoms with Crippen LogP contribution >= 0.6 is 0 Å². The van der Waals surface area contributed by atoms with Gasteiger partial charge >= 0.3 is 0 Å². The van der Waals surface area contributed by atoms with Crippen molar-refractivity contribution < 1.29 is 4.79 Å². The van der Waals surface area contributed by atoms with E-state index in [9.17, 15) is 4.79 Å². The highest BCUT2D eigenvalue weighted by molar-refractivity contribution is 5.80. The molecule has 0 bridgehead atoms. The summed E-state index contributed by atoms with van der Waals surface area (Å²) in [6.45, 7) is 4.88. The lowest BCUT2D eigenvalue weighted by Gasteiger charge is -2.20. The van der Waals surface area contributed by atoms with Gasteiger partial charge in [-0.25, -0.2) is 0 Å². The van der Waals surface area contributed by atoms with Crippen LogP contribution in [0.15, 0.2) is 0 Å². The lowest BCUT2D eigenvalue weighted by molar-refractivity contribution is -0.119. The maximum Gasteiger partial charge on any atom is 0.239 e. The van der Waals surface area contributed by atoms with Crippen molar-refractivity contribution >= 4 is 23.8 Å². The van der Waals surface area contributed by atoms with Gasteiger partial charge in [-0.2, -0.15) is 15.0 Å². The highest BCUT2D eigenvalue weighted by atomic mass is 16.1. The van der Waals surface area contributed by atoms with Crippen molar-refractivity contribution in [2.24, 2.45) is 0 Å². The third-order valence-corrected chi connectivity index (χ3v) is 3.34. The largest absolute Gasteiger partial charge is 0.358 e. The second kappa shape index (κ2) is 7.05. The molecule has 0 unspecified atom stereocenters. The van der Waals surface area contributed by atoms with Crippen LogP contribution < -0.4 is 20.4 Å². The number of likely N-dealkylation sites (N-methyl/N-ethyl adjacent to an activating group) is 2. The van der Waals surface area contributed by atoms with Crippen molar-refractivity contribution in [3.63, 3.8) is 0 Å². The third-order valence-electron chi connectivity index (χ3n) is 3.34. The third kappa shape index (κ3) is 3.93. The zero-order valence-corrected chi connectivity index (χ0v) is 12.9. The molecule has 1 aromatic heterocycles. The van der Waals surface area contributed by atoms with Gasteiger partial charge in [0.15, 0.2) is 0 Å². The molecule has 21 heavy (non-hydrogen) atoms. The number of carbonyl (C=O) groups is 1. The van der Waals surface area contributed by atoms with Gasteiger partial charge in [0.2, 0.25) is 23.8 Å². The van der Waals surface area contributed by atoms with Crippen LogP contribution in [0.2, 0.25) is 0 Å². The van der Waals surface area contributed by atoms with E-state index in [1.807, 2.05) is 6.92 Å².